The molecule has 6 rings (SSSR count). The Labute approximate surface area is 220 Å². The topological polar surface area (TPSA) is 78.0 Å². The number of Topliss-reactive ketones (excluding diaryl/α,β-unsaturated/α-hetero) is 1. The highest BCUT2D eigenvalue weighted by Crippen LogP contribution is 2.50. The maximum Gasteiger partial charge on any atom is 0.296 e. The lowest BCUT2D eigenvalue weighted by Gasteiger charge is -2.35. The largest absolute Gasteiger partial charge is 0.493 e. The number of anilines is 1. The molecule has 0 saturated heterocycles. The van der Waals surface area contributed by atoms with E-state index in [1.165, 1.54) is 16.9 Å². The molecule has 2 aromatic carbocycles. The van der Waals surface area contributed by atoms with E-state index in [0.29, 0.717) is 28.8 Å². The van der Waals surface area contributed by atoms with Gasteiger partial charge in [0.2, 0.25) is 0 Å². The average Bonchev–Trinajstić information content (AvgIpc) is 3.47. The lowest BCUT2D eigenvalue weighted by molar-refractivity contribution is -0.131. The third-order valence-electron chi connectivity index (χ3n) is 7.62. The van der Waals surface area contributed by atoms with Crippen molar-refractivity contribution in [1.82, 2.24) is 4.98 Å². The molecular formula is C29H30N2O5S. The molecule has 3 atom stereocenters. The summed E-state index contributed by atoms with van der Waals surface area (Å²) in [6.45, 7) is 4.53. The van der Waals surface area contributed by atoms with Crippen molar-refractivity contribution in [2.45, 2.75) is 58.1 Å². The van der Waals surface area contributed by atoms with Gasteiger partial charge in [0.1, 0.15) is 6.10 Å². The Kier molecular flexibility index (Phi) is 6.15. The van der Waals surface area contributed by atoms with Crippen molar-refractivity contribution >= 4 is 38.4 Å². The second-order valence-electron chi connectivity index (χ2n) is 9.73. The van der Waals surface area contributed by atoms with Crippen LogP contribution in [0.3, 0.4) is 0 Å². The van der Waals surface area contributed by atoms with Crippen LogP contribution in [0, 0.1) is 5.92 Å². The molecule has 3 unspecified atom stereocenters. The van der Waals surface area contributed by atoms with Gasteiger partial charge in [0.05, 0.1) is 41.5 Å². The number of methoxy groups -OCH3 is 1. The predicted octanol–water partition coefficient (Wildman–Crippen LogP) is 5.77. The van der Waals surface area contributed by atoms with E-state index in [1.54, 1.807) is 12.0 Å². The van der Waals surface area contributed by atoms with E-state index in [0.717, 1.165) is 47.9 Å². The van der Waals surface area contributed by atoms with Crippen molar-refractivity contribution in [3.63, 3.8) is 0 Å². The van der Waals surface area contributed by atoms with Gasteiger partial charge in [-0.25, -0.2) is 4.98 Å². The van der Waals surface area contributed by atoms with Crippen LogP contribution in [0.5, 0.6) is 11.5 Å². The summed E-state index contributed by atoms with van der Waals surface area (Å²) in [4.78, 5) is 34.4. The molecule has 2 aliphatic heterocycles. The summed E-state index contributed by atoms with van der Waals surface area (Å²) in [6, 6.07) is 11.1. The van der Waals surface area contributed by atoms with E-state index in [2.05, 4.69) is 19.1 Å². The molecule has 7 nitrogen and oxygen atoms in total. The minimum Gasteiger partial charge on any atom is -0.493 e. The number of fused-ring (bicyclic) bond motifs is 2. The fourth-order valence-electron chi connectivity index (χ4n) is 5.77. The quantitative estimate of drug-likeness (QED) is 0.413. The molecule has 8 heteroatoms. The van der Waals surface area contributed by atoms with Gasteiger partial charge in [-0.05, 0) is 68.0 Å². The van der Waals surface area contributed by atoms with Crippen LogP contribution >= 0.6 is 11.3 Å². The Morgan fingerprint density at radius 2 is 1.92 bits per heavy atom. The first-order chi connectivity index (χ1) is 18.0. The number of ketones is 1. The molecule has 3 heterocycles. The van der Waals surface area contributed by atoms with Gasteiger partial charge >= 0.3 is 0 Å². The number of hydrogen-bond acceptors (Lipinski definition) is 7. The second kappa shape index (κ2) is 9.49. The maximum atomic E-state index is 14.0. The predicted molar refractivity (Wildman–Crippen MR) is 142 cm³/mol. The minimum absolute atomic E-state index is 0.0223. The number of aryl methyl sites for hydroxylation is 1. The van der Waals surface area contributed by atoms with E-state index in [4.69, 9.17) is 19.2 Å². The van der Waals surface area contributed by atoms with Gasteiger partial charge in [0.25, 0.3) is 5.91 Å². The molecular weight excluding hydrogens is 488 g/mol. The van der Waals surface area contributed by atoms with Crippen LogP contribution in [-0.4, -0.2) is 36.5 Å². The fourth-order valence-corrected chi connectivity index (χ4v) is 6.82. The summed E-state index contributed by atoms with van der Waals surface area (Å²) in [6.07, 6.45) is 4.27. The van der Waals surface area contributed by atoms with Crippen LogP contribution in [-0.2, 0) is 20.7 Å². The Bertz CT molecular complexity index is 1430. The van der Waals surface area contributed by atoms with E-state index in [-0.39, 0.29) is 29.5 Å². The van der Waals surface area contributed by atoms with Crippen molar-refractivity contribution in [3.8, 4) is 11.5 Å². The van der Waals surface area contributed by atoms with Gasteiger partial charge in [0, 0.05) is 0 Å². The highest BCUT2D eigenvalue weighted by Gasteiger charge is 2.53. The van der Waals surface area contributed by atoms with Gasteiger partial charge in [-0.1, -0.05) is 36.8 Å². The molecule has 0 spiro atoms. The smallest absolute Gasteiger partial charge is 0.296 e. The van der Waals surface area contributed by atoms with Crippen LogP contribution in [0.4, 0.5) is 5.13 Å². The van der Waals surface area contributed by atoms with Crippen LogP contribution in [0.1, 0.15) is 56.7 Å². The monoisotopic (exact) mass is 518 g/mol. The molecule has 1 aromatic heterocycles. The third-order valence-corrected chi connectivity index (χ3v) is 8.64. The van der Waals surface area contributed by atoms with E-state index in [9.17, 15) is 9.59 Å². The molecule has 37 heavy (non-hydrogen) atoms. The molecule has 1 saturated carbocycles. The lowest BCUT2D eigenvalue weighted by Crippen LogP contribution is -2.39. The highest BCUT2D eigenvalue weighted by atomic mass is 32.1. The van der Waals surface area contributed by atoms with Crippen molar-refractivity contribution in [2.24, 2.45) is 5.92 Å². The third kappa shape index (κ3) is 3.89. The number of amides is 1. The number of benzene rings is 2. The second-order valence-corrected chi connectivity index (χ2v) is 10.7. The van der Waals surface area contributed by atoms with Crippen LogP contribution < -0.4 is 14.4 Å². The summed E-state index contributed by atoms with van der Waals surface area (Å²) < 4.78 is 18.7. The molecule has 0 radical (unpaired) electrons. The molecule has 3 aliphatic rings. The van der Waals surface area contributed by atoms with Gasteiger partial charge in [-0.3, -0.25) is 14.5 Å². The highest BCUT2D eigenvalue weighted by molar-refractivity contribution is 7.22. The minimum atomic E-state index is -0.645. The Morgan fingerprint density at radius 1 is 1.08 bits per heavy atom. The fraction of sp³-hybridized carbons (Fsp3) is 0.414. The maximum absolute atomic E-state index is 14.0. The van der Waals surface area contributed by atoms with Gasteiger partial charge < -0.3 is 14.2 Å². The van der Waals surface area contributed by atoms with Gasteiger partial charge in [-0.2, -0.15) is 0 Å². The molecule has 1 fully saturated rings. The zero-order valence-electron chi connectivity index (χ0n) is 21.3. The SMILES string of the molecule is CCOc1ccc(C2C3=C(OC4CCCCC4C3=O)C(=O)N2c2nc3ccc(CC)cc3s2)cc1OC. The molecule has 1 aliphatic carbocycles. The summed E-state index contributed by atoms with van der Waals surface area (Å²) in [5.41, 5.74) is 3.24. The van der Waals surface area contributed by atoms with Crippen LogP contribution in [0.2, 0.25) is 0 Å². The van der Waals surface area contributed by atoms with E-state index in [1.807, 2.05) is 31.2 Å². The molecule has 0 N–H and O–H groups in total. The first kappa shape index (κ1) is 24.0. The van der Waals surface area contributed by atoms with Crippen LogP contribution in [0.15, 0.2) is 47.7 Å². The number of aromatic nitrogens is 1. The van der Waals surface area contributed by atoms with Crippen molar-refractivity contribution < 1.29 is 23.8 Å². The number of carbonyl (C=O) groups excluding carboxylic acids is 2. The number of thiazole rings is 1. The number of rotatable bonds is 6. The molecule has 1 amide bonds. The van der Waals surface area contributed by atoms with E-state index < -0.39 is 6.04 Å². The zero-order chi connectivity index (χ0) is 25.7. The zero-order valence-corrected chi connectivity index (χ0v) is 22.1. The van der Waals surface area contributed by atoms with E-state index >= 15 is 0 Å². The average molecular weight is 519 g/mol. The lowest BCUT2D eigenvalue weighted by atomic mass is 9.77. The van der Waals surface area contributed by atoms with Crippen LogP contribution in [0.25, 0.3) is 10.2 Å². The van der Waals surface area contributed by atoms with Crippen molar-refractivity contribution in [2.75, 3.05) is 18.6 Å². The summed E-state index contributed by atoms with van der Waals surface area (Å²) in [5, 5.41) is 0.555. The summed E-state index contributed by atoms with van der Waals surface area (Å²) >= 11 is 1.46. The first-order valence-corrected chi connectivity index (χ1v) is 13.8. The summed E-state index contributed by atoms with van der Waals surface area (Å²) in [7, 11) is 1.59. The molecule has 0 bridgehead atoms. The number of carbonyl (C=O) groups is 2. The van der Waals surface area contributed by atoms with Gasteiger partial charge in [0.15, 0.2) is 28.2 Å². The first-order valence-electron chi connectivity index (χ1n) is 13.0. The van der Waals surface area contributed by atoms with Gasteiger partial charge in [-0.15, -0.1) is 0 Å². The number of nitrogens with zero attached hydrogens (tertiary/aromatic N) is 2. The molecule has 3 aromatic rings. The Morgan fingerprint density at radius 3 is 2.70 bits per heavy atom. The Hall–Kier alpha value is -3.39. The number of ether oxygens (including phenoxy) is 3. The van der Waals surface area contributed by atoms with Crippen molar-refractivity contribution in [1.29, 1.82) is 0 Å². The Balaban J connectivity index is 1.50. The standard InChI is InChI=1S/C29H30N2O5S/c1-4-16-10-12-19-23(14-16)37-29(30-19)31-25(17-11-13-21(35-5-2)22(15-17)34-3)24-26(32)18-8-6-7-9-20(18)36-27(24)28(31)33/h10-15,18,20,25H,4-9H2,1-3H3. The summed E-state index contributed by atoms with van der Waals surface area (Å²) in [5.74, 6) is 0.852. The molecule has 192 valence electrons. The normalized spacial score (nSPS) is 23.2. The van der Waals surface area contributed by atoms with Crippen molar-refractivity contribution in [3.05, 3.63) is 58.9 Å². The number of hydrogen-bond donors (Lipinski definition) is 0.